The van der Waals surface area contributed by atoms with Crippen LogP contribution in [0, 0.1) is 0 Å². The van der Waals surface area contributed by atoms with E-state index in [0.717, 1.165) is 25.7 Å². The molecule has 0 heterocycles. The van der Waals surface area contributed by atoms with Gasteiger partial charge in [-0.15, -0.1) is 0 Å². The molecule has 0 nitrogen and oxygen atoms in total. The lowest BCUT2D eigenvalue weighted by atomic mass is 10.4. The van der Waals surface area contributed by atoms with Crippen molar-refractivity contribution in [2.45, 2.75) is 24.4 Å². The molecule has 3 heteroatoms. The van der Waals surface area contributed by atoms with E-state index in [1.807, 2.05) is 0 Å². The van der Waals surface area contributed by atoms with Gasteiger partial charge in [-0.25, -0.2) is 0 Å². The largest absolute Gasteiger partial charge is 0.0749 e. The van der Waals surface area contributed by atoms with E-state index in [0.29, 0.717) is 4.64 Å². The summed E-state index contributed by atoms with van der Waals surface area (Å²) in [5.41, 5.74) is 0. The molecule has 25 heavy (non-hydrogen) atoms. The standard InChI is InChI=1S/C22H25P3/c1-2-18-22(23-19-12-6-3-7-13-19,24-20-14-8-4-9-15-20)25-21-16-10-5-11-17-21/h3-17,23-25H,2,18H2,1H3. The molecule has 0 aliphatic rings. The molecule has 0 amide bonds. The van der Waals surface area contributed by atoms with Crippen LogP contribution in [0.25, 0.3) is 0 Å². The Kier molecular flexibility index (Phi) is 7.19. The van der Waals surface area contributed by atoms with Crippen molar-refractivity contribution in [1.29, 1.82) is 0 Å². The van der Waals surface area contributed by atoms with Gasteiger partial charge in [0.15, 0.2) is 0 Å². The predicted molar refractivity (Wildman–Crippen MR) is 121 cm³/mol. The molecule has 3 atom stereocenters. The predicted octanol–water partition coefficient (Wildman–Crippen LogP) is 5.45. The Morgan fingerprint density at radius 1 is 0.560 bits per heavy atom. The van der Waals surface area contributed by atoms with E-state index in [1.54, 1.807) is 0 Å². The van der Waals surface area contributed by atoms with Gasteiger partial charge < -0.3 is 0 Å². The monoisotopic (exact) mass is 382 g/mol. The molecule has 3 aromatic rings. The fourth-order valence-electron chi connectivity index (χ4n) is 2.96. The van der Waals surface area contributed by atoms with Crippen LogP contribution in [-0.4, -0.2) is 4.64 Å². The van der Waals surface area contributed by atoms with E-state index in [-0.39, 0.29) is 0 Å². The highest BCUT2D eigenvalue weighted by molar-refractivity contribution is 7.83. The molecule has 3 aromatic carbocycles. The molecule has 128 valence electrons. The fourth-order valence-corrected chi connectivity index (χ4v) is 9.99. The van der Waals surface area contributed by atoms with Crippen LogP contribution in [-0.2, 0) is 0 Å². The van der Waals surface area contributed by atoms with Crippen molar-refractivity contribution in [1.82, 2.24) is 0 Å². The Labute approximate surface area is 157 Å². The SMILES string of the molecule is CCCC(Pc1ccccc1)(Pc1ccccc1)Pc1ccccc1. The van der Waals surface area contributed by atoms with Gasteiger partial charge in [0.1, 0.15) is 0 Å². The maximum Gasteiger partial charge on any atom is 0.0341 e. The van der Waals surface area contributed by atoms with Crippen LogP contribution in [0.15, 0.2) is 91.0 Å². The highest BCUT2D eigenvalue weighted by Gasteiger charge is 2.30. The Morgan fingerprint density at radius 3 is 1.16 bits per heavy atom. The summed E-state index contributed by atoms with van der Waals surface area (Å²) in [7, 11) is 2.55. The van der Waals surface area contributed by atoms with Crippen molar-refractivity contribution in [3.05, 3.63) is 91.0 Å². The van der Waals surface area contributed by atoms with Crippen LogP contribution in [0.5, 0.6) is 0 Å². The van der Waals surface area contributed by atoms with Crippen LogP contribution in [0.2, 0.25) is 0 Å². The van der Waals surface area contributed by atoms with Gasteiger partial charge >= 0.3 is 0 Å². The Bertz CT molecular complexity index is 641. The van der Waals surface area contributed by atoms with E-state index in [1.165, 1.54) is 28.8 Å². The lowest BCUT2D eigenvalue weighted by molar-refractivity contribution is 0.837. The van der Waals surface area contributed by atoms with E-state index in [4.69, 9.17) is 0 Å². The lowest BCUT2D eigenvalue weighted by Gasteiger charge is -2.34. The first kappa shape index (κ1) is 18.7. The smallest absolute Gasteiger partial charge is 0.0341 e. The summed E-state index contributed by atoms with van der Waals surface area (Å²) in [4.78, 5) is 0. The summed E-state index contributed by atoms with van der Waals surface area (Å²) >= 11 is 0. The summed E-state index contributed by atoms with van der Waals surface area (Å²) < 4.78 is 0.346. The highest BCUT2D eigenvalue weighted by Crippen LogP contribution is 2.59. The van der Waals surface area contributed by atoms with Crippen molar-refractivity contribution < 1.29 is 0 Å². The minimum Gasteiger partial charge on any atom is -0.0749 e. The molecule has 0 spiro atoms. The topological polar surface area (TPSA) is 0 Å². The summed E-state index contributed by atoms with van der Waals surface area (Å²) in [5.74, 6) is 0. The van der Waals surface area contributed by atoms with Crippen LogP contribution in [0.3, 0.4) is 0 Å². The second-order valence-electron chi connectivity index (χ2n) is 6.13. The molecule has 3 unspecified atom stereocenters. The van der Waals surface area contributed by atoms with Gasteiger partial charge in [-0.3, -0.25) is 0 Å². The van der Waals surface area contributed by atoms with Gasteiger partial charge in [-0.05, 0) is 22.3 Å². The first-order valence-electron chi connectivity index (χ1n) is 8.79. The molecule has 0 saturated carbocycles. The number of rotatable bonds is 8. The van der Waals surface area contributed by atoms with Crippen molar-refractivity contribution >= 4 is 41.7 Å². The van der Waals surface area contributed by atoms with Gasteiger partial charge in [-0.1, -0.05) is 130 Å². The molecule has 0 radical (unpaired) electrons. The van der Waals surface area contributed by atoms with Crippen LogP contribution < -0.4 is 15.9 Å². The summed E-state index contributed by atoms with van der Waals surface area (Å²) in [5, 5.41) is 4.47. The molecule has 0 aliphatic heterocycles. The molecule has 3 rings (SSSR count). The average molecular weight is 382 g/mol. The third-order valence-corrected chi connectivity index (χ3v) is 10.2. The van der Waals surface area contributed by atoms with Crippen LogP contribution >= 0.6 is 25.7 Å². The second-order valence-corrected chi connectivity index (χ2v) is 12.7. The van der Waals surface area contributed by atoms with Gasteiger partial charge in [0, 0.05) is 4.64 Å². The van der Waals surface area contributed by atoms with Crippen molar-refractivity contribution in [2.24, 2.45) is 0 Å². The van der Waals surface area contributed by atoms with E-state index in [2.05, 4.69) is 97.9 Å². The highest BCUT2D eigenvalue weighted by atomic mass is 31.2. The quantitative estimate of drug-likeness (QED) is 0.455. The first-order chi connectivity index (χ1) is 12.3. The van der Waals surface area contributed by atoms with Crippen molar-refractivity contribution in [3.8, 4) is 0 Å². The zero-order valence-electron chi connectivity index (χ0n) is 14.6. The summed E-state index contributed by atoms with van der Waals surface area (Å²) in [6.07, 6.45) is 2.51. The molecule has 0 fully saturated rings. The second kappa shape index (κ2) is 9.59. The third kappa shape index (κ3) is 5.72. The first-order valence-corrected chi connectivity index (χ1v) is 11.8. The summed E-state index contributed by atoms with van der Waals surface area (Å²) in [6, 6.07) is 33.2. The molecule has 0 bridgehead atoms. The Hall–Kier alpha value is -1.05. The minimum absolute atomic E-state index is 0.346. The molecule has 0 aliphatic carbocycles. The zero-order valence-corrected chi connectivity index (χ0v) is 17.6. The lowest BCUT2D eigenvalue weighted by Crippen LogP contribution is -2.21. The maximum atomic E-state index is 2.33. The normalized spacial score (nSPS) is 14.8. The molecule has 0 N–H and O–H groups in total. The minimum atomic E-state index is 0.346. The number of hydrogen-bond acceptors (Lipinski definition) is 0. The molecular weight excluding hydrogens is 357 g/mol. The van der Waals surface area contributed by atoms with Crippen molar-refractivity contribution in [2.75, 3.05) is 0 Å². The van der Waals surface area contributed by atoms with Gasteiger partial charge in [0.25, 0.3) is 0 Å². The molecule has 0 aromatic heterocycles. The van der Waals surface area contributed by atoms with E-state index < -0.39 is 0 Å². The average Bonchev–Trinajstić information content (AvgIpc) is 2.64. The van der Waals surface area contributed by atoms with Crippen LogP contribution in [0.4, 0.5) is 0 Å². The van der Waals surface area contributed by atoms with E-state index >= 15 is 0 Å². The van der Waals surface area contributed by atoms with Crippen molar-refractivity contribution in [3.63, 3.8) is 0 Å². The number of hydrogen-bond donors (Lipinski definition) is 0. The maximum absolute atomic E-state index is 2.33. The van der Waals surface area contributed by atoms with Crippen LogP contribution in [0.1, 0.15) is 19.8 Å². The summed E-state index contributed by atoms with van der Waals surface area (Å²) in [6.45, 7) is 2.33. The third-order valence-electron chi connectivity index (χ3n) is 4.02. The van der Waals surface area contributed by atoms with Gasteiger partial charge in [0.2, 0.25) is 0 Å². The molecular formula is C22H25P3. The Balaban J connectivity index is 1.94. The fraction of sp³-hybridized carbons (Fsp3) is 0.182. The molecule has 0 saturated heterocycles. The number of benzene rings is 3. The van der Waals surface area contributed by atoms with Gasteiger partial charge in [0.05, 0.1) is 0 Å². The van der Waals surface area contributed by atoms with E-state index in [9.17, 15) is 0 Å². The Morgan fingerprint density at radius 2 is 0.880 bits per heavy atom. The zero-order chi connectivity index (χ0) is 17.4. The van der Waals surface area contributed by atoms with Gasteiger partial charge in [-0.2, -0.15) is 0 Å².